The number of fused-ring (bicyclic) bond motifs is 1. The third-order valence-corrected chi connectivity index (χ3v) is 4.89. The van der Waals surface area contributed by atoms with E-state index in [2.05, 4.69) is 6.92 Å². The molecule has 2 nitrogen and oxygen atoms in total. The third-order valence-electron chi connectivity index (χ3n) is 4.89. The quantitative estimate of drug-likeness (QED) is 0.728. The van der Waals surface area contributed by atoms with Gasteiger partial charge in [-0.25, -0.2) is 0 Å². The van der Waals surface area contributed by atoms with Gasteiger partial charge in [0.2, 0.25) is 0 Å². The maximum atomic E-state index is 9.77. The van der Waals surface area contributed by atoms with Gasteiger partial charge in [-0.05, 0) is 56.8 Å². The van der Waals surface area contributed by atoms with Gasteiger partial charge in [-0.2, -0.15) is 0 Å². The summed E-state index contributed by atoms with van der Waals surface area (Å²) in [5.74, 6) is 1.62. The van der Waals surface area contributed by atoms with E-state index in [-0.39, 0.29) is 6.10 Å². The van der Waals surface area contributed by atoms with Gasteiger partial charge in [0.1, 0.15) is 0 Å². The Morgan fingerprint density at radius 3 is 2.61 bits per heavy atom. The summed E-state index contributed by atoms with van der Waals surface area (Å²) in [4.78, 5) is 0. The first kappa shape index (κ1) is 14.3. The summed E-state index contributed by atoms with van der Waals surface area (Å²) in [6, 6.07) is 0. The summed E-state index contributed by atoms with van der Waals surface area (Å²) in [5, 5.41) is 9.77. The van der Waals surface area contributed by atoms with E-state index in [0.29, 0.717) is 6.10 Å². The Balaban J connectivity index is 1.63. The molecule has 2 aliphatic rings. The molecule has 18 heavy (non-hydrogen) atoms. The van der Waals surface area contributed by atoms with Crippen LogP contribution in [-0.2, 0) is 4.74 Å². The van der Waals surface area contributed by atoms with Crippen LogP contribution in [0.4, 0.5) is 0 Å². The average Bonchev–Trinajstić information content (AvgIpc) is 2.38. The molecule has 4 atom stereocenters. The van der Waals surface area contributed by atoms with Crippen LogP contribution >= 0.6 is 0 Å². The molecule has 2 aliphatic carbocycles. The molecule has 106 valence electrons. The Hall–Kier alpha value is -0.0800. The first-order chi connectivity index (χ1) is 8.79. The van der Waals surface area contributed by atoms with Gasteiger partial charge in [-0.15, -0.1) is 0 Å². The molecular weight excluding hydrogens is 224 g/mol. The molecule has 0 aromatic heterocycles. The van der Waals surface area contributed by atoms with Crippen molar-refractivity contribution >= 4 is 0 Å². The second-order valence-electron chi connectivity index (χ2n) is 6.35. The molecule has 0 bridgehead atoms. The molecule has 0 aromatic carbocycles. The lowest BCUT2D eigenvalue weighted by atomic mass is 9.69. The molecule has 2 fully saturated rings. The van der Waals surface area contributed by atoms with Gasteiger partial charge in [-0.1, -0.05) is 26.2 Å². The van der Waals surface area contributed by atoms with Crippen molar-refractivity contribution in [3.05, 3.63) is 0 Å². The van der Waals surface area contributed by atoms with Crippen molar-refractivity contribution in [1.29, 1.82) is 0 Å². The normalized spacial score (nSPS) is 36.3. The van der Waals surface area contributed by atoms with Gasteiger partial charge in [0.25, 0.3) is 0 Å². The van der Waals surface area contributed by atoms with Crippen molar-refractivity contribution < 1.29 is 9.84 Å². The van der Waals surface area contributed by atoms with Crippen LogP contribution in [0.25, 0.3) is 0 Å². The van der Waals surface area contributed by atoms with Gasteiger partial charge in [0.15, 0.2) is 0 Å². The predicted molar refractivity (Wildman–Crippen MR) is 74.6 cm³/mol. The van der Waals surface area contributed by atoms with E-state index in [1.54, 1.807) is 0 Å². The number of hydrogen-bond acceptors (Lipinski definition) is 2. The zero-order valence-corrected chi connectivity index (χ0v) is 11.9. The second kappa shape index (κ2) is 7.49. The van der Waals surface area contributed by atoms with E-state index in [9.17, 15) is 5.11 Å². The fourth-order valence-corrected chi connectivity index (χ4v) is 3.76. The van der Waals surface area contributed by atoms with E-state index in [1.807, 2.05) is 0 Å². The molecule has 0 amide bonds. The molecule has 2 rings (SSSR count). The fraction of sp³-hybridized carbons (Fsp3) is 1.00. The smallest absolute Gasteiger partial charge is 0.0578 e. The van der Waals surface area contributed by atoms with Crippen molar-refractivity contribution in [1.82, 2.24) is 0 Å². The number of unbranched alkanes of at least 4 members (excludes halogenated alkanes) is 3. The Morgan fingerprint density at radius 2 is 1.78 bits per heavy atom. The van der Waals surface area contributed by atoms with Crippen molar-refractivity contribution in [2.75, 3.05) is 6.61 Å². The van der Waals surface area contributed by atoms with Crippen LogP contribution in [0, 0.1) is 11.8 Å². The monoisotopic (exact) mass is 254 g/mol. The zero-order chi connectivity index (χ0) is 12.8. The lowest BCUT2D eigenvalue weighted by molar-refractivity contribution is -0.0337. The van der Waals surface area contributed by atoms with Crippen LogP contribution in [0.5, 0.6) is 0 Å². The van der Waals surface area contributed by atoms with E-state index < -0.39 is 0 Å². The average molecular weight is 254 g/mol. The third kappa shape index (κ3) is 4.24. The lowest BCUT2D eigenvalue weighted by Crippen LogP contribution is -2.35. The Labute approximate surface area is 112 Å². The summed E-state index contributed by atoms with van der Waals surface area (Å²) < 4.78 is 6.03. The van der Waals surface area contributed by atoms with Crippen molar-refractivity contribution in [3.63, 3.8) is 0 Å². The first-order valence-corrected chi connectivity index (χ1v) is 8.09. The maximum Gasteiger partial charge on any atom is 0.0578 e. The lowest BCUT2D eigenvalue weighted by Gasteiger charge is -2.40. The van der Waals surface area contributed by atoms with Crippen LogP contribution in [-0.4, -0.2) is 23.9 Å². The molecule has 2 saturated carbocycles. The molecule has 1 N–H and O–H groups in total. The summed E-state index contributed by atoms with van der Waals surface area (Å²) in [7, 11) is 0. The molecule has 0 spiro atoms. The van der Waals surface area contributed by atoms with E-state index in [4.69, 9.17) is 4.74 Å². The summed E-state index contributed by atoms with van der Waals surface area (Å²) in [6.45, 7) is 3.20. The van der Waals surface area contributed by atoms with Crippen LogP contribution in [0.3, 0.4) is 0 Å². The van der Waals surface area contributed by atoms with Gasteiger partial charge >= 0.3 is 0 Å². The maximum absolute atomic E-state index is 9.77. The van der Waals surface area contributed by atoms with Crippen molar-refractivity contribution in [2.24, 2.45) is 11.8 Å². The van der Waals surface area contributed by atoms with Crippen molar-refractivity contribution in [2.45, 2.75) is 83.3 Å². The number of ether oxygens (including phenoxy) is 1. The van der Waals surface area contributed by atoms with Crippen molar-refractivity contribution in [3.8, 4) is 0 Å². The van der Waals surface area contributed by atoms with Gasteiger partial charge in [0.05, 0.1) is 12.2 Å². The first-order valence-electron chi connectivity index (χ1n) is 8.09. The highest BCUT2D eigenvalue weighted by molar-refractivity contribution is 4.86. The molecule has 0 saturated heterocycles. The molecule has 0 radical (unpaired) electrons. The number of aliphatic hydroxyl groups is 1. The summed E-state index contributed by atoms with van der Waals surface area (Å²) in [6.07, 6.45) is 12.7. The van der Waals surface area contributed by atoms with Gasteiger partial charge in [0, 0.05) is 6.61 Å². The Morgan fingerprint density at radius 1 is 0.944 bits per heavy atom. The Bertz CT molecular complexity index is 229. The number of aliphatic hydroxyl groups excluding tert-OH is 1. The molecule has 0 aliphatic heterocycles. The number of hydrogen-bond donors (Lipinski definition) is 1. The highest BCUT2D eigenvalue weighted by Gasteiger charge is 2.35. The topological polar surface area (TPSA) is 29.5 Å². The summed E-state index contributed by atoms with van der Waals surface area (Å²) in [5.41, 5.74) is 0. The predicted octanol–water partition coefficient (Wildman–Crippen LogP) is 3.91. The fourth-order valence-electron chi connectivity index (χ4n) is 3.76. The van der Waals surface area contributed by atoms with Crippen LogP contribution in [0.1, 0.15) is 71.1 Å². The van der Waals surface area contributed by atoms with Crippen LogP contribution in [0.15, 0.2) is 0 Å². The standard InChI is InChI=1S/C16H30O2/c1-2-3-4-5-10-18-16-9-7-13-6-8-15(17)11-14(13)12-16/h13-17H,2-12H2,1H3. The largest absolute Gasteiger partial charge is 0.393 e. The highest BCUT2D eigenvalue weighted by Crippen LogP contribution is 2.41. The zero-order valence-electron chi connectivity index (χ0n) is 11.9. The SMILES string of the molecule is CCCCCCOC1CCC2CCC(O)CC2C1. The molecule has 2 heteroatoms. The second-order valence-corrected chi connectivity index (χ2v) is 6.35. The summed E-state index contributed by atoms with van der Waals surface area (Å²) >= 11 is 0. The van der Waals surface area contributed by atoms with Gasteiger partial charge < -0.3 is 9.84 Å². The van der Waals surface area contributed by atoms with Crippen LogP contribution in [0.2, 0.25) is 0 Å². The molecule has 4 unspecified atom stereocenters. The minimum absolute atomic E-state index is 0.0328. The van der Waals surface area contributed by atoms with Crippen LogP contribution < -0.4 is 0 Å². The van der Waals surface area contributed by atoms with E-state index >= 15 is 0 Å². The van der Waals surface area contributed by atoms with Gasteiger partial charge in [-0.3, -0.25) is 0 Å². The molecular formula is C16H30O2. The highest BCUT2D eigenvalue weighted by atomic mass is 16.5. The van der Waals surface area contributed by atoms with E-state index in [1.165, 1.54) is 51.4 Å². The molecule has 0 aromatic rings. The van der Waals surface area contributed by atoms with E-state index in [0.717, 1.165) is 31.3 Å². The minimum atomic E-state index is -0.0328. The Kier molecular flexibility index (Phi) is 5.97. The molecule has 0 heterocycles. The minimum Gasteiger partial charge on any atom is -0.393 e. The number of rotatable bonds is 6.